The van der Waals surface area contributed by atoms with Crippen molar-refractivity contribution in [3.63, 3.8) is 0 Å². The van der Waals surface area contributed by atoms with E-state index in [1.54, 1.807) is 0 Å². The van der Waals surface area contributed by atoms with Crippen LogP contribution in [0.5, 0.6) is 0 Å². The van der Waals surface area contributed by atoms with Crippen LogP contribution in [0.1, 0.15) is 18.6 Å². The van der Waals surface area contributed by atoms with E-state index in [1.807, 2.05) is 25.6 Å². The van der Waals surface area contributed by atoms with Gasteiger partial charge in [-0.1, -0.05) is 12.1 Å². The predicted octanol–water partition coefficient (Wildman–Crippen LogP) is 1.33. The summed E-state index contributed by atoms with van der Waals surface area (Å²) in [6, 6.07) is 8.12. The van der Waals surface area contributed by atoms with Crippen LogP contribution in [0.15, 0.2) is 24.3 Å². The second-order valence-corrected chi connectivity index (χ2v) is 4.40. The molecule has 1 fully saturated rings. The quantitative estimate of drug-likeness (QED) is 0.826. The third-order valence-corrected chi connectivity index (χ3v) is 3.17. The summed E-state index contributed by atoms with van der Waals surface area (Å²) >= 11 is 0. The molecule has 1 aliphatic rings. The number of aliphatic hydroxyl groups is 1. The van der Waals surface area contributed by atoms with Crippen molar-refractivity contribution in [2.75, 3.05) is 37.7 Å². The zero-order valence-corrected chi connectivity index (χ0v) is 10.8. The molecule has 1 aromatic rings. The zero-order valence-electron chi connectivity index (χ0n) is 10.8. The summed E-state index contributed by atoms with van der Waals surface area (Å²) in [6.07, 6.45) is -0.458. The first kappa shape index (κ1) is 13.3. The Kier molecular flexibility index (Phi) is 4.99. The largest absolute Gasteiger partial charge is 0.387 e. The summed E-state index contributed by atoms with van der Waals surface area (Å²) in [5.41, 5.74) is 2.14. The van der Waals surface area contributed by atoms with Gasteiger partial charge in [0.2, 0.25) is 0 Å². The van der Waals surface area contributed by atoms with E-state index in [0.29, 0.717) is 6.54 Å². The molecule has 0 aliphatic carbocycles. The molecule has 1 aromatic carbocycles. The topological polar surface area (TPSA) is 44.7 Å². The monoisotopic (exact) mass is 249 g/mol. The number of nitrogens with one attached hydrogen (secondary N) is 1. The molecule has 0 aromatic heterocycles. The van der Waals surface area contributed by atoms with Crippen LogP contribution in [-0.4, -0.2) is 38.0 Å². The summed E-state index contributed by atoms with van der Waals surface area (Å²) in [5.74, 6) is 0. The molecule has 4 nitrogen and oxygen atoms in total. The Balaban J connectivity index is 1.95. The van der Waals surface area contributed by atoms with E-state index >= 15 is 0 Å². The molecule has 0 spiro atoms. The van der Waals surface area contributed by atoms with E-state index in [-0.39, 0.29) is 0 Å². The van der Waals surface area contributed by atoms with Gasteiger partial charge in [-0.15, -0.1) is 0 Å². The number of anilines is 1. The van der Waals surface area contributed by atoms with Gasteiger partial charge >= 0.3 is 0 Å². The van der Waals surface area contributed by atoms with Crippen LogP contribution in [0.3, 0.4) is 0 Å². The minimum atomic E-state index is -0.458. The molecule has 1 atom stereocenters. The van der Waals surface area contributed by atoms with E-state index in [1.165, 1.54) is 5.69 Å². The minimum Gasteiger partial charge on any atom is -0.387 e. The molecule has 1 heterocycles. The maximum absolute atomic E-state index is 9.94. The van der Waals surface area contributed by atoms with Crippen molar-refractivity contribution in [2.24, 2.45) is 0 Å². The van der Waals surface area contributed by atoms with Crippen LogP contribution in [0.4, 0.5) is 5.69 Å². The first-order chi connectivity index (χ1) is 8.81. The van der Waals surface area contributed by atoms with E-state index in [9.17, 15) is 5.11 Å². The lowest BCUT2D eigenvalue weighted by atomic mass is 10.1. The predicted molar refractivity (Wildman–Crippen MR) is 72.4 cm³/mol. The SMILES string of the molecule is C[CH]NCC(O)c1ccc(N2CCOCC2)cc1. The van der Waals surface area contributed by atoms with Crippen LogP contribution in [0.25, 0.3) is 0 Å². The van der Waals surface area contributed by atoms with Crippen molar-refractivity contribution in [1.29, 1.82) is 0 Å². The standard InChI is InChI=1S/C14H21N2O2/c1-2-15-11-14(17)12-3-5-13(6-4-12)16-7-9-18-10-8-16/h2-6,14-15,17H,7-11H2,1H3. The van der Waals surface area contributed by atoms with E-state index in [4.69, 9.17) is 4.74 Å². The third kappa shape index (κ3) is 3.45. The normalized spacial score (nSPS) is 17.8. The fourth-order valence-corrected chi connectivity index (χ4v) is 2.08. The Bertz CT molecular complexity index is 347. The van der Waals surface area contributed by atoms with Gasteiger partial charge in [0.1, 0.15) is 0 Å². The average Bonchev–Trinajstić information content (AvgIpc) is 2.46. The number of benzene rings is 1. The lowest BCUT2D eigenvalue weighted by Gasteiger charge is -2.29. The van der Waals surface area contributed by atoms with Gasteiger partial charge in [0.25, 0.3) is 0 Å². The molecule has 1 unspecified atom stereocenters. The van der Waals surface area contributed by atoms with Gasteiger partial charge in [0.15, 0.2) is 0 Å². The van der Waals surface area contributed by atoms with Crippen molar-refractivity contribution in [1.82, 2.24) is 5.32 Å². The van der Waals surface area contributed by atoms with Crippen molar-refractivity contribution in [3.05, 3.63) is 36.4 Å². The van der Waals surface area contributed by atoms with Gasteiger partial charge in [-0.05, 0) is 24.6 Å². The molecule has 2 N–H and O–H groups in total. The molecule has 1 aliphatic heterocycles. The van der Waals surface area contributed by atoms with Gasteiger partial charge in [0.05, 0.1) is 19.3 Å². The van der Waals surface area contributed by atoms with E-state index in [0.717, 1.165) is 31.9 Å². The zero-order chi connectivity index (χ0) is 12.8. The number of ether oxygens (including phenoxy) is 1. The van der Waals surface area contributed by atoms with E-state index < -0.39 is 6.10 Å². The van der Waals surface area contributed by atoms with Gasteiger partial charge in [-0.25, -0.2) is 0 Å². The smallest absolute Gasteiger partial charge is 0.0914 e. The summed E-state index contributed by atoms with van der Waals surface area (Å²) < 4.78 is 5.33. The molecule has 2 rings (SSSR count). The molecule has 1 radical (unpaired) electrons. The van der Waals surface area contributed by atoms with Crippen LogP contribution >= 0.6 is 0 Å². The van der Waals surface area contributed by atoms with Crippen LogP contribution in [0, 0.1) is 6.54 Å². The average molecular weight is 249 g/mol. The van der Waals surface area contributed by atoms with Crippen molar-refractivity contribution in [3.8, 4) is 0 Å². The molecule has 99 valence electrons. The second-order valence-electron chi connectivity index (χ2n) is 4.40. The van der Waals surface area contributed by atoms with Gasteiger partial charge < -0.3 is 20.1 Å². The highest BCUT2D eigenvalue weighted by Gasteiger charge is 2.12. The number of hydrogen-bond donors (Lipinski definition) is 2. The van der Waals surface area contributed by atoms with Crippen LogP contribution in [-0.2, 0) is 4.74 Å². The molecule has 1 saturated heterocycles. The highest BCUT2D eigenvalue weighted by atomic mass is 16.5. The lowest BCUT2D eigenvalue weighted by Crippen LogP contribution is -2.36. The van der Waals surface area contributed by atoms with Crippen LogP contribution < -0.4 is 10.2 Å². The van der Waals surface area contributed by atoms with Crippen LogP contribution in [0.2, 0.25) is 0 Å². The number of morpholine rings is 1. The van der Waals surface area contributed by atoms with Gasteiger partial charge in [0, 0.05) is 31.9 Å². The van der Waals surface area contributed by atoms with Crippen molar-refractivity contribution >= 4 is 5.69 Å². The Hall–Kier alpha value is -1.10. The molecule has 0 bridgehead atoms. The first-order valence-electron chi connectivity index (χ1n) is 6.43. The number of rotatable bonds is 5. The van der Waals surface area contributed by atoms with Gasteiger partial charge in [-0.2, -0.15) is 0 Å². The maximum atomic E-state index is 9.94. The lowest BCUT2D eigenvalue weighted by molar-refractivity contribution is 0.122. The van der Waals surface area contributed by atoms with Crippen molar-refractivity contribution in [2.45, 2.75) is 13.0 Å². The highest BCUT2D eigenvalue weighted by Crippen LogP contribution is 2.19. The van der Waals surface area contributed by atoms with Crippen molar-refractivity contribution < 1.29 is 9.84 Å². The molecule has 18 heavy (non-hydrogen) atoms. The summed E-state index contributed by atoms with van der Waals surface area (Å²) in [5, 5.41) is 13.0. The van der Waals surface area contributed by atoms with E-state index in [2.05, 4.69) is 22.3 Å². The maximum Gasteiger partial charge on any atom is 0.0914 e. The molecule has 0 saturated carbocycles. The summed E-state index contributed by atoms with van der Waals surface area (Å²) in [6.45, 7) is 7.76. The second kappa shape index (κ2) is 6.73. The minimum absolute atomic E-state index is 0.458. The Morgan fingerprint density at radius 1 is 1.33 bits per heavy atom. The highest BCUT2D eigenvalue weighted by molar-refractivity contribution is 5.48. The molecular weight excluding hydrogens is 228 g/mol. The first-order valence-corrected chi connectivity index (χ1v) is 6.43. The summed E-state index contributed by atoms with van der Waals surface area (Å²) in [7, 11) is 0. The Morgan fingerprint density at radius 2 is 2.00 bits per heavy atom. The third-order valence-electron chi connectivity index (χ3n) is 3.17. The number of nitrogens with zero attached hydrogens (tertiary/aromatic N) is 1. The summed E-state index contributed by atoms with van der Waals surface area (Å²) in [4.78, 5) is 2.30. The van der Waals surface area contributed by atoms with Gasteiger partial charge in [-0.3, -0.25) is 0 Å². The molecule has 4 heteroatoms. The number of aliphatic hydroxyl groups excluding tert-OH is 1. The molecular formula is C14H21N2O2. The fourth-order valence-electron chi connectivity index (χ4n) is 2.08. The Morgan fingerprint density at radius 3 is 2.61 bits per heavy atom. The molecule has 0 amide bonds. The fraction of sp³-hybridized carbons (Fsp3) is 0.500. The number of hydrogen-bond acceptors (Lipinski definition) is 4. The Labute approximate surface area is 109 Å².